The molecular weight excluding hydrogens is 268 g/mol. The molecule has 0 radical (unpaired) electrons. The predicted molar refractivity (Wildman–Crippen MR) is 80.0 cm³/mol. The highest BCUT2D eigenvalue weighted by atomic mass is 16.2. The van der Waals surface area contributed by atoms with E-state index in [-0.39, 0.29) is 18.1 Å². The summed E-state index contributed by atoms with van der Waals surface area (Å²) in [6.45, 7) is 1.70. The van der Waals surface area contributed by atoms with Gasteiger partial charge in [0, 0.05) is 26.3 Å². The largest absolute Gasteiger partial charge is 0.341 e. The summed E-state index contributed by atoms with van der Waals surface area (Å²) in [5.74, 6) is 0.0235. The molecule has 21 heavy (non-hydrogen) atoms. The first-order valence-electron chi connectivity index (χ1n) is 7.46. The van der Waals surface area contributed by atoms with Crippen LogP contribution in [0.1, 0.15) is 25.7 Å². The van der Waals surface area contributed by atoms with Gasteiger partial charge in [0.25, 0.3) is 0 Å². The van der Waals surface area contributed by atoms with Gasteiger partial charge in [-0.2, -0.15) is 0 Å². The molecule has 6 heteroatoms. The Morgan fingerprint density at radius 3 is 2.67 bits per heavy atom. The molecule has 2 aromatic rings. The van der Waals surface area contributed by atoms with E-state index in [1.165, 1.54) is 22.0 Å². The molecule has 1 aliphatic rings. The Labute approximate surface area is 123 Å². The maximum Gasteiger partial charge on any atom is 0.330 e. The fourth-order valence-corrected chi connectivity index (χ4v) is 2.94. The molecular formula is C15H20N4O2. The number of hydrogen-bond acceptors (Lipinski definition) is 3. The molecule has 1 fully saturated rings. The third-order valence-corrected chi connectivity index (χ3v) is 4.14. The van der Waals surface area contributed by atoms with Crippen LogP contribution in [0.4, 0.5) is 0 Å². The van der Waals surface area contributed by atoms with Gasteiger partial charge in [-0.15, -0.1) is 0 Å². The van der Waals surface area contributed by atoms with Crippen LogP contribution in [0.25, 0.3) is 11.2 Å². The van der Waals surface area contributed by atoms with Gasteiger partial charge in [-0.05, 0) is 25.0 Å². The van der Waals surface area contributed by atoms with Gasteiger partial charge in [-0.3, -0.25) is 13.9 Å². The van der Waals surface area contributed by atoms with Crippen LogP contribution in [0.5, 0.6) is 0 Å². The van der Waals surface area contributed by atoms with Crippen molar-refractivity contribution in [3.05, 3.63) is 28.8 Å². The lowest BCUT2D eigenvalue weighted by molar-refractivity contribution is -0.131. The van der Waals surface area contributed by atoms with Crippen molar-refractivity contribution >= 4 is 17.1 Å². The molecule has 0 aliphatic carbocycles. The van der Waals surface area contributed by atoms with Gasteiger partial charge in [0.1, 0.15) is 6.54 Å². The van der Waals surface area contributed by atoms with Crippen molar-refractivity contribution in [2.24, 2.45) is 7.05 Å². The Bertz CT molecular complexity index is 708. The van der Waals surface area contributed by atoms with Crippen molar-refractivity contribution in [2.75, 3.05) is 13.1 Å². The van der Waals surface area contributed by atoms with Gasteiger partial charge in [0.15, 0.2) is 5.65 Å². The number of carbonyl (C=O) groups excluding carboxylic acids is 1. The van der Waals surface area contributed by atoms with E-state index < -0.39 is 0 Å². The van der Waals surface area contributed by atoms with E-state index in [9.17, 15) is 9.59 Å². The minimum Gasteiger partial charge on any atom is -0.341 e. The van der Waals surface area contributed by atoms with E-state index in [1.54, 1.807) is 19.3 Å². The van der Waals surface area contributed by atoms with Gasteiger partial charge in [0.05, 0.1) is 5.52 Å². The molecule has 0 atom stereocenters. The number of aromatic nitrogens is 3. The lowest BCUT2D eigenvalue weighted by atomic mass is 10.2. The van der Waals surface area contributed by atoms with Gasteiger partial charge in [-0.25, -0.2) is 9.78 Å². The van der Waals surface area contributed by atoms with E-state index in [4.69, 9.17) is 0 Å². The molecule has 3 heterocycles. The number of carbonyl (C=O) groups is 1. The zero-order valence-corrected chi connectivity index (χ0v) is 12.3. The fourth-order valence-electron chi connectivity index (χ4n) is 2.94. The number of amides is 1. The molecule has 6 nitrogen and oxygen atoms in total. The summed E-state index contributed by atoms with van der Waals surface area (Å²) >= 11 is 0. The number of rotatable bonds is 2. The number of fused-ring (bicyclic) bond motifs is 1. The first kappa shape index (κ1) is 13.9. The molecule has 112 valence electrons. The summed E-state index contributed by atoms with van der Waals surface area (Å²) in [7, 11) is 1.69. The molecule has 0 aromatic carbocycles. The highest BCUT2D eigenvalue weighted by Gasteiger charge is 2.19. The van der Waals surface area contributed by atoms with Crippen molar-refractivity contribution in [1.29, 1.82) is 0 Å². The van der Waals surface area contributed by atoms with Crippen LogP contribution in [0, 0.1) is 0 Å². The molecule has 1 aliphatic heterocycles. The molecule has 0 bridgehead atoms. The number of pyridine rings is 1. The number of hydrogen-bond donors (Lipinski definition) is 0. The van der Waals surface area contributed by atoms with Crippen LogP contribution in [0.3, 0.4) is 0 Å². The van der Waals surface area contributed by atoms with Gasteiger partial charge in [0.2, 0.25) is 5.91 Å². The van der Waals surface area contributed by atoms with E-state index in [1.807, 2.05) is 11.0 Å². The molecule has 1 amide bonds. The monoisotopic (exact) mass is 288 g/mol. The molecule has 0 spiro atoms. The minimum absolute atomic E-state index is 0.0235. The third kappa shape index (κ3) is 2.57. The van der Waals surface area contributed by atoms with Gasteiger partial charge >= 0.3 is 5.69 Å². The summed E-state index contributed by atoms with van der Waals surface area (Å²) in [5, 5.41) is 0. The quantitative estimate of drug-likeness (QED) is 0.832. The second kappa shape index (κ2) is 5.71. The second-order valence-electron chi connectivity index (χ2n) is 5.57. The Morgan fingerprint density at radius 1 is 1.24 bits per heavy atom. The van der Waals surface area contributed by atoms with E-state index in [0.29, 0.717) is 11.2 Å². The molecule has 3 rings (SSSR count). The SMILES string of the molecule is Cn1c(=O)n(CC(=O)N2CCCCCC2)c2cccnc21. The van der Waals surface area contributed by atoms with Crippen molar-refractivity contribution < 1.29 is 4.79 Å². The maximum atomic E-state index is 12.5. The number of aryl methyl sites for hydroxylation is 1. The first-order valence-corrected chi connectivity index (χ1v) is 7.46. The number of imidazole rings is 1. The third-order valence-electron chi connectivity index (χ3n) is 4.14. The number of nitrogens with zero attached hydrogens (tertiary/aromatic N) is 4. The van der Waals surface area contributed by atoms with E-state index in [0.717, 1.165) is 25.9 Å². The molecule has 0 saturated carbocycles. The summed E-state index contributed by atoms with van der Waals surface area (Å²) in [5.41, 5.74) is 1.14. The predicted octanol–water partition coefficient (Wildman–Crippen LogP) is 1.14. The lowest BCUT2D eigenvalue weighted by Gasteiger charge is -2.20. The fraction of sp³-hybridized carbons (Fsp3) is 0.533. The standard InChI is InChI=1S/C15H20N4O2/c1-17-14-12(7-6-8-16-14)19(15(17)21)11-13(20)18-9-4-2-3-5-10-18/h6-8H,2-5,9-11H2,1H3. The molecule has 0 N–H and O–H groups in total. The Morgan fingerprint density at radius 2 is 1.95 bits per heavy atom. The Hall–Kier alpha value is -2.11. The summed E-state index contributed by atoms with van der Waals surface area (Å²) in [4.78, 5) is 30.8. The van der Waals surface area contributed by atoms with Crippen LogP contribution in [0.15, 0.2) is 23.1 Å². The van der Waals surface area contributed by atoms with Crippen LogP contribution >= 0.6 is 0 Å². The molecule has 0 unspecified atom stereocenters. The normalized spacial score (nSPS) is 16.1. The van der Waals surface area contributed by atoms with Crippen LogP contribution in [-0.4, -0.2) is 38.0 Å². The Kier molecular flexibility index (Phi) is 3.77. The van der Waals surface area contributed by atoms with Crippen LogP contribution in [0.2, 0.25) is 0 Å². The second-order valence-corrected chi connectivity index (χ2v) is 5.57. The summed E-state index contributed by atoms with van der Waals surface area (Å²) in [6.07, 6.45) is 6.13. The first-order chi connectivity index (χ1) is 10.2. The van der Waals surface area contributed by atoms with Crippen molar-refractivity contribution in [1.82, 2.24) is 19.0 Å². The topological polar surface area (TPSA) is 60.1 Å². The van der Waals surface area contributed by atoms with Crippen LogP contribution in [-0.2, 0) is 18.4 Å². The average Bonchev–Trinajstić information content (AvgIpc) is 2.72. The highest BCUT2D eigenvalue weighted by Crippen LogP contribution is 2.12. The average molecular weight is 288 g/mol. The van der Waals surface area contributed by atoms with Gasteiger partial charge in [-0.1, -0.05) is 12.8 Å². The number of likely N-dealkylation sites (tertiary alicyclic amines) is 1. The van der Waals surface area contributed by atoms with Crippen molar-refractivity contribution in [2.45, 2.75) is 32.2 Å². The summed E-state index contributed by atoms with van der Waals surface area (Å²) < 4.78 is 3.01. The van der Waals surface area contributed by atoms with E-state index >= 15 is 0 Å². The van der Waals surface area contributed by atoms with Crippen LogP contribution < -0.4 is 5.69 Å². The highest BCUT2D eigenvalue weighted by molar-refractivity contribution is 5.79. The zero-order chi connectivity index (χ0) is 14.8. The summed E-state index contributed by atoms with van der Waals surface area (Å²) in [6, 6.07) is 3.62. The lowest BCUT2D eigenvalue weighted by Crippen LogP contribution is -2.37. The molecule has 1 saturated heterocycles. The maximum absolute atomic E-state index is 12.5. The minimum atomic E-state index is -0.188. The van der Waals surface area contributed by atoms with Crippen molar-refractivity contribution in [3.8, 4) is 0 Å². The smallest absolute Gasteiger partial charge is 0.330 e. The zero-order valence-electron chi connectivity index (χ0n) is 12.3. The van der Waals surface area contributed by atoms with Crippen molar-refractivity contribution in [3.63, 3.8) is 0 Å². The van der Waals surface area contributed by atoms with Gasteiger partial charge < -0.3 is 4.90 Å². The van der Waals surface area contributed by atoms with E-state index in [2.05, 4.69) is 4.98 Å². The molecule has 2 aromatic heterocycles. The Balaban J connectivity index is 1.89.